The maximum absolute atomic E-state index is 12.4. The first kappa shape index (κ1) is 21.2. The van der Waals surface area contributed by atoms with Gasteiger partial charge in [-0.2, -0.15) is 0 Å². The zero-order chi connectivity index (χ0) is 21.0. The van der Waals surface area contributed by atoms with E-state index in [-0.39, 0.29) is 11.6 Å². The van der Waals surface area contributed by atoms with E-state index in [9.17, 15) is 19.5 Å². The first-order valence-electron chi connectivity index (χ1n) is 8.86. The number of esters is 1. The number of aryl methyl sites for hydroxylation is 1. The van der Waals surface area contributed by atoms with E-state index in [4.69, 9.17) is 4.74 Å². The lowest BCUT2D eigenvalue weighted by molar-refractivity contribution is -0.123. The van der Waals surface area contributed by atoms with E-state index < -0.39 is 24.1 Å². The summed E-state index contributed by atoms with van der Waals surface area (Å²) >= 11 is 0. The molecule has 1 heterocycles. The fraction of sp³-hybridized carbons (Fsp3) is 0.350. The van der Waals surface area contributed by atoms with Gasteiger partial charge in [0.1, 0.15) is 5.69 Å². The Morgan fingerprint density at radius 1 is 1.04 bits per heavy atom. The molecule has 4 N–H and O–H groups in total. The van der Waals surface area contributed by atoms with Gasteiger partial charge in [0.15, 0.2) is 6.10 Å². The molecule has 0 aliphatic heterocycles. The van der Waals surface area contributed by atoms with Gasteiger partial charge in [-0.15, -0.1) is 0 Å². The summed E-state index contributed by atoms with van der Waals surface area (Å²) in [4.78, 5) is 38.6. The number of aromatic nitrogens is 1. The minimum Gasteiger partial charge on any atom is -0.448 e. The van der Waals surface area contributed by atoms with E-state index in [0.717, 1.165) is 0 Å². The van der Waals surface area contributed by atoms with Crippen molar-refractivity contribution in [3.63, 3.8) is 0 Å². The lowest BCUT2D eigenvalue weighted by Crippen LogP contribution is -2.30. The van der Waals surface area contributed by atoms with Crippen molar-refractivity contribution in [1.29, 1.82) is 0 Å². The average molecular weight is 387 g/mol. The number of carbonyl (C=O) groups is 3. The molecule has 0 spiro atoms. The topological polar surface area (TPSA) is 121 Å². The zero-order valence-corrected chi connectivity index (χ0v) is 16.5. The number of aliphatic hydroxyl groups is 1. The highest BCUT2D eigenvalue weighted by atomic mass is 16.5. The van der Waals surface area contributed by atoms with Crippen LogP contribution in [-0.4, -0.2) is 34.0 Å². The number of hydrogen-bond acceptors (Lipinski definition) is 5. The third-order valence-electron chi connectivity index (χ3n) is 4.24. The van der Waals surface area contributed by atoms with Crippen molar-refractivity contribution in [2.75, 3.05) is 10.6 Å². The SMILES string of the molecule is CC(=O)Nc1ccc(NC(=O)[C@H](C)OC(=O)c2[nH]c(C)c([C@H](C)O)c2C)cc1. The number of anilines is 2. The molecular formula is C20H25N3O5. The monoisotopic (exact) mass is 387 g/mol. The van der Waals surface area contributed by atoms with Crippen LogP contribution in [0.3, 0.4) is 0 Å². The lowest BCUT2D eigenvalue weighted by Gasteiger charge is -2.14. The summed E-state index contributed by atoms with van der Waals surface area (Å²) in [6.45, 7) is 7.96. The van der Waals surface area contributed by atoms with Gasteiger partial charge in [-0.3, -0.25) is 9.59 Å². The fourth-order valence-corrected chi connectivity index (χ4v) is 2.95. The molecule has 1 aromatic carbocycles. The maximum Gasteiger partial charge on any atom is 0.355 e. The molecule has 0 bridgehead atoms. The summed E-state index contributed by atoms with van der Waals surface area (Å²) in [6.07, 6.45) is -1.75. The van der Waals surface area contributed by atoms with Gasteiger partial charge in [0.2, 0.25) is 5.91 Å². The second kappa shape index (κ2) is 8.71. The molecule has 1 aromatic heterocycles. The average Bonchev–Trinajstić information content (AvgIpc) is 2.90. The van der Waals surface area contributed by atoms with E-state index in [1.54, 1.807) is 45.0 Å². The number of nitrogens with one attached hydrogen (secondary N) is 3. The van der Waals surface area contributed by atoms with Gasteiger partial charge < -0.3 is 25.5 Å². The summed E-state index contributed by atoms with van der Waals surface area (Å²) in [5, 5.41) is 15.1. The second-order valence-electron chi connectivity index (χ2n) is 6.63. The Bertz CT molecular complexity index is 884. The van der Waals surface area contributed by atoms with Crippen molar-refractivity contribution < 1.29 is 24.2 Å². The molecule has 28 heavy (non-hydrogen) atoms. The van der Waals surface area contributed by atoms with Crippen LogP contribution in [0.1, 0.15) is 54.2 Å². The zero-order valence-electron chi connectivity index (χ0n) is 16.5. The van der Waals surface area contributed by atoms with Gasteiger partial charge in [-0.1, -0.05) is 0 Å². The fourth-order valence-electron chi connectivity index (χ4n) is 2.95. The number of aromatic amines is 1. The van der Waals surface area contributed by atoms with Gasteiger partial charge in [-0.05, 0) is 57.5 Å². The van der Waals surface area contributed by atoms with Crippen LogP contribution >= 0.6 is 0 Å². The molecule has 8 heteroatoms. The van der Waals surface area contributed by atoms with Gasteiger partial charge in [0.25, 0.3) is 5.91 Å². The minimum absolute atomic E-state index is 0.189. The highest BCUT2D eigenvalue weighted by molar-refractivity contribution is 5.97. The second-order valence-corrected chi connectivity index (χ2v) is 6.63. The molecule has 2 aromatic rings. The number of carbonyl (C=O) groups excluding carboxylic acids is 3. The van der Waals surface area contributed by atoms with Crippen LogP contribution in [0.15, 0.2) is 24.3 Å². The Kier molecular flexibility index (Phi) is 6.58. The van der Waals surface area contributed by atoms with Crippen LogP contribution in [0.2, 0.25) is 0 Å². The molecular weight excluding hydrogens is 362 g/mol. The third-order valence-corrected chi connectivity index (χ3v) is 4.24. The van der Waals surface area contributed by atoms with Gasteiger partial charge in [-0.25, -0.2) is 4.79 Å². The molecule has 0 aliphatic carbocycles. The Morgan fingerprint density at radius 2 is 1.57 bits per heavy atom. The van der Waals surface area contributed by atoms with Gasteiger partial charge in [0.05, 0.1) is 6.10 Å². The van der Waals surface area contributed by atoms with Crippen molar-refractivity contribution in [1.82, 2.24) is 4.98 Å². The van der Waals surface area contributed by atoms with E-state index in [0.29, 0.717) is 28.2 Å². The van der Waals surface area contributed by atoms with Crippen molar-refractivity contribution in [3.05, 3.63) is 46.8 Å². The van der Waals surface area contributed by atoms with E-state index in [1.165, 1.54) is 13.8 Å². The molecule has 2 rings (SSSR count). The normalized spacial score (nSPS) is 12.8. The quantitative estimate of drug-likeness (QED) is 0.568. The van der Waals surface area contributed by atoms with Crippen molar-refractivity contribution in [2.45, 2.75) is 46.8 Å². The number of H-pyrrole nitrogens is 1. The van der Waals surface area contributed by atoms with Crippen LogP contribution in [0, 0.1) is 13.8 Å². The first-order valence-corrected chi connectivity index (χ1v) is 8.86. The number of aliphatic hydroxyl groups excluding tert-OH is 1. The van der Waals surface area contributed by atoms with Crippen LogP contribution in [0.5, 0.6) is 0 Å². The summed E-state index contributed by atoms with van der Waals surface area (Å²) in [7, 11) is 0. The molecule has 2 amide bonds. The van der Waals surface area contributed by atoms with Crippen LogP contribution in [-0.2, 0) is 14.3 Å². The molecule has 0 unspecified atom stereocenters. The van der Waals surface area contributed by atoms with Crippen LogP contribution in [0.25, 0.3) is 0 Å². The smallest absolute Gasteiger partial charge is 0.355 e. The molecule has 0 saturated heterocycles. The molecule has 2 atom stereocenters. The summed E-state index contributed by atoms with van der Waals surface area (Å²) < 4.78 is 5.25. The number of ether oxygens (including phenoxy) is 1. The highest BCUT2D eigenvalue weighted by Crippen LogP contribution is 2.25. The molecule has 0 aliphatic rings. The standard InChI is InChI=1S/C20H25N3O5/c1-10-17(12(3)24)11(2)21-18(10)20(27)28-13(4)19(26)23-16-8-6-15(7-9-16)22-14(5)25/h6-9,12-13,21,24H,1-5H3,(H,22,25)(H,23,26)/t12-,13-/m0/s1. The van der Waals surface area contributed by atoms with Gasteiger partial charge >= 0.3 is 5.97 Å². The van der Waals surface area contributed by atoms with Crippen molar-refractivity contribution in [2.24, 2.45) is 0 Å². The number of benzene rings is 1. The number of hydrogen-bond donors (Lipinski definition) is 4. The van der Waals surface area contributed by atoms with E-state index in [2.05, 4.69) is 15.6 Å². The minimum atomic E-state index is -1.03. The third kappa shape index (κ3) is 4.98. The van der Waals surface area contributed by atoms with Crippen LogP contribution < -0.4 is 10.6 Å². The van der Waals surface area contributed by atoms with Crippen LogP contribution in [0.4, 0.5) is 11.4 Å². The Morgan fingerprint density at radius 3 is 2.04 bits per heavy atom. The molecule has 8 nitrogen and oxygen atoms in total. The first-order chi connectivity index (χ1) is 13.1. The van der Waals surface area contributed by atoms with Gasteiger partial charge in [0, 0.05) is 29.6 Å². The summed E-state index contributed by atoms with van der Waals surface area (Å²) in [5.74, 6) is -1.35. The molecule has 150 valence electrons. The predicted octanol–water partition coefficient (Wildman–Crippen LogP) is 2.83. The number of amides is 2. The predicted molar refractivity (Wildman–Crippen MR) is 105 cm³/mol. The molecule has 0 radical (unpaired) electrons. The van der Waals surface area contributed by atoms with Crippen molar-refractivity contribution >= 4 is 29.2 Å². The largest absolute Gasteiger partial charge is 0.448 e. The Hall–Kier alpha value is -3.13. The highest BCUT2D eigenvalue weighted by Gasteiger charge is 2.24. The van der Waals surface area contributed by atoms with Crippen molar-refractivity contribution in [3.8, 4) is 0 Å². The Balaban J connectivity index is 2.01. The van der Waals surface area contributed by atoms with E-state index >= 15 is 0 Å². The summed E-state index contributed by atoms with van der Waals surface area (Å²) in [6, 6.07) is 6.56. The van der Waals surface area contributed by atoms with E-state index in [1.807, 2.05) is 0 Å². The lowest BCUT2D eigenvalue weighted by atomic mass is 10.1. The maximum atomic E-state index is 12.4. The Labute approximate surface area is 163 Å². The molecule has 0 fully saturated rings. The number of rotatable bonds is 6. The summed E-state index contributed by atoms with van der Waals surface area (Å²) in [5.41, 5.74) is 3.24. The molecule has 0 saturated carbocycles.